The number of aromatic nitrogens is 2. The van der Waals surface area contributed by atoms with E-state index in [4.69, 9.17) is 16.3 Å². The Bertz CT molecular complexity index is 452. The molecule has 1 atom stereocenters. The minimum atomic E-state index is -0.0196. The molecule has 1 aliphatic heterocycles. The van der Waals surface area contributed by atoms with Gasteiger partial charge in [-0.1, -0.05) is 0 Å². The van der Waals surface area contributed by atoms with Gasteiger partial charge >= 0.3 is 0 Å². The van der Waals surface area contributed by atoms with E-state index >= 15 is 0 Å². The zero-order valence-electron chi connectivity index (χ0n) is 11.8. The number of anilines is 1. The predicted molar refractivity (Wildman–Crippen MR) is 77.3 cm³/mol. The zero-order valence-corrected chi connectivity index (χ0v) is 12.5. The van der Waals surface area contributed by atoms with Gasteiger partial charge in [0.1, 0.15) is 6.10 Å². The van der Waals surface area contributed by atoms with Crippen LogP contribution in [-0.4, -0.2) is 60.2 Å². The van der Waals surface area contributed by atoms with E-state index in [1.165, 1.54) is 0 Å². The van der Waals surface area contributed by atoms with Gasteiger partial charge in [0.25, 0.3) is 0 Å². The largest absolute Gasteiger partial charge is 0.471 e. The highest BCUT2D eigenvalue weighted by Gasteiger charge is 2.27. The minimum Gasteiger partial charge on any atom is -0.471 e. The molecule has 1 aromatic rings. The van der Waals surface area contributed by atoms with Gasteiger partial charge in [0.2, 0.25) is 11.8 Å². The van der Waals surface area contributed by atoms with Gasteiger partial charge in [0, 0.05) is 45.4 Å². The smallest absolute Gasteiger partial charge is 0.233 e. The number of halogens is 1. The second-order valence-corrected chi connectivity index (χ2v) is 5.31. The van der Waals surface area contributed by atoms with Gasteiger partial charge in [-0.3, -0.25) is 4.79 Å². The third-order valence-electron chi connectivity index (χ3n) is 3.18. The van der Waals surface area contributed by atoms with Crippen molar-refractivity contribution in [2.45, 2.75) is 18.9 Å². The van der Waals surface area contributed by atoms with Crippen LogP contribution in [0.4, 0.5) is 5.82 Å². The van der Waals surface area contributed by atoms with Crippen LogP contribution in [0.2, 0.25) is 0 Å². The molecular weight excluding hydrogens is 280 g/mol. The molecule has 7 heteroatoms. The van der Waals surface area contributed by atoms with Crippen LogP contribution in [0.25, 0.3) is 0 Å². The number of alkyl halides is 1. The second kappa shape index (κ2) is 6.74. The number of ether oxygens (including phenoxy) is 1. The average molecular weight is 299 g/mol. The number of carbonyl (C=O) groups is 1. The minimum absolute atomic E-state index is 0.0196. The van der Waals surface area contributed by atoms with Crippen molar-refractivity contribution in [2.75, 3.05) is 38.0 Å². The van der Waals surface area contributed by atoms with Crippen molar-refractivity contribution in [3.8, 4) is 5.88 Å². The second-order valence-electron chi connectivity index (χ2n) is 4.93. The summed E-state index contributed by atoms with van der Waals surface area (Å²) >= 11 is 5.58. The van der Waals surface area contributed by atoms with E-state index in [1.807, 2.05) is 25.1 Å². The Hall–Kier alpha value is -1.56. The highest BCUT2D eigenvalue weighted by atomic mass is 35.5. The van der Waals surface area contributed by atoms with Gasteiger partial charge in [-0.25, -0.2) is 0 Å². The summed E-state index contributed by atoms with van der Waals surface area (Å²) in [7, 11) is 3.81. The predicted octanol–water partition coefficient (Wildman–Crippen LogP) is 1.15. The Morgan fingerprint density at radius 3 is 2.90 bits per heavy atom. The van der Waals surface area contributed by atoms with Crippen LogP contribution in [0, 0.1) is 0 Å². The molecule has 2 heterocycles. The molecule has 0 saturated carbocycles. The maximum absolute atomic E-state index is 11.7. The number of rotatable bonds is 5. The summed E-state index contributed by atoms with van der Waals surface area (Å²) in [6.45, 7) is 1.30. The van der Waals surface area contributed by atoms with Gasteiger partial charge in [-0.05, 0) is 6.07 Å². The summed E-state index contributed by atoms with van der Waals surface area (Å²) < 4.78 is 5.75. The first kappa shape index (κ1) is 14.8. The van der Waals surface area contributed by atoms with Crippen molar-refractivity contribution < 1.29 is 9.53 Å². The molecule has 0 radical (unpaired) electrons. The van der Waals surface area contributed by atoms with Crippen molar-refractivity contribution in [3.05, 3.63) is 12.1 Å². The number of hydrogen-bond donors (Lipinski definition) is 0. The first-order valence-electron chi connectivity index (χ1n) is 6.61. The Labute approximate surface area is 123 Å². The number of hydrogen-bond acceptors (Lipinski definition) is 5. The van der Waals surface area contributed by atoms with Gasteiger partial charge in [-0.15, -0.1) is 21.8 Å². The van der Waals surface area contributed by atoms with Crippen molar-refractivity contribution in [1.29, 1.82) is 0 Å². The number of amides is 1. The summed E-state index contributed by atoms with van der Waals surface area (Å²) in [4.78, 5) is 15.4. The van der Waals surface area contributed by atoms with Gasteiger partial charge in [0.05, 0.1) is 6.54 Å². The van der Waals surface area contributed by atoms with Crippen LogP contribution in [0.1, 0.15) is 12.8 Å². The summed E-state index contributed by atoms with van der Waals surface area (Å²) in [6.07, 6.45) is 1.17. The monoisotopic (exact) mass is 298 g/mol. The van der Waals surface area contributed by atoms with Crippen LogP contribution < -0.4 is 9.64 Å². The quantitative estimate of drug-likeness (QED) is 0.763. The van der Waals surface area contributed by atoms with Gasteiger partial charge in [-0.2, -0.15) is 0 Å². The molecule has 6 nitrogen and oxygen atoms in total. The van der Waals surface area contributed by atoms with Crippen molar-refractivity contribution >= 4 is 23.3 Å². The maximum atomic E-state index is 11.7. The van der Waals surface area contributed by atoms with Crippen molar-refractivity contribution in [3.63, 3.8) is 0 Å². The van der Waals surface area contributed by atoms with Crippen molar-refractivity contribution in [1.82, 2.24) is 15.1 Å². The third kappa shape index (κ3) is 3.72. The van der Waals surface area contributed by atoms with Gasteiger partial charge < -0.3 is 14.5 Å². The molecule has 0 aliphatic carbocycles. The number of nitrogens with zero attached hydrogens (tertiary/aromatic N) is 4. The normalized spacial score (nSPS) is 18.1. The zero-order chi connectivity index (χ0) is 14.5. The van der Waals surface area contributed by atoms with E-state index in [9.17, 15) is 4.79 Å². The molecule has 1 unspecified atom stereocenters. The molecule has 2 rings (SSSR count). The molecule has 1 fully saturated rings. The molecule has 0 N–H and O–H groups in total. The molecule has 1 aliphatic rings. The molecular formula is C13H19ClN4O2. The third-order valence-corrected chi connectivity index (χ3v) is 3.37. The summed E-state index contributed by atoms with van der Waals surface area (Å²) in [5.41, 5.74) is 0. The van der Waals surface area contributed by atoms with Crippen LogP contribution in [0.5, 0.6) is 5.88 Å². The first-order valence-corrected chi connectivity index (χ1v) is 7.15. The Balaban J connectivity index is 1.87. The molecule has 1 saturated heterocycles. The lowest BCUT2D eigenvalue weighted by atomic mass is 10.3. The summed E-state index contributed by atoms with van der Waals surface area (Å²) in [5, 5.41) is 8.09. The SMILES string of the molecule is CN(C)c1ccc(OC2CCN(C(=O)CCCl)C2)nn1. The highest BCUT2D eigenvalue weighted by Crippen LogP contribution is 2.18. The molecule has 20 heavy (non-hydrogen) atoms. The van der Waals surface area contributed by atoms with Crippen LogP contribution >= 0.6 is 11.6 Å². The van der Waals surface area contributed by atoms with E-state index in [-0.39, 0.29) is 12.0 Å². The fourth-order valence-electron chi connectivity index (χ4n) is 2.07. The van der Waals surface area contributed by atoms with E-state index in [0.717, 1.165) is 12.2 Å². The van der Waals surface area contributed by atoms with Crippen molar-refractivity contribution in [2.24, 2.45) is 0 Å². The highest BCUT2D eigenvalue weighted by molar-refractivity contribution is 6.18. The first-order chi connectivity index (χ1) is 9.60. The molecule has 0 spiro atoms. The summed E-state index contributed by atoms with van der Waals surface area (Å²) in [6, 6.07) is 3.65. The Morgan fingerprint density at radius 1 is 1.50 bits per heavy atom. The molecule has 1 aromatic heterocycles. The maximum Gasteiger partial charge on any atom is 0.233 e. The van der Waals surface area contributed by atoms with E-state index in [2.05, 4.69) is 10.2 Å². The van der Waals surface area contributed by atoms with E-state index < -0.39 is 0 Å². The average Bonchev–Trinajstić information content (AvgIpc) is 2.88. The van der Waals surface area contributed by atoms with Crippen LogP contribution in [0.15, 0.2) is 12.1 Å². The summed E-state index contributed by atoms with van der Waals surface area (Å²) in [5.74, 6) is 1.72. The van der Waals surface area contributed by atoms with Crippen LogP contribution in [0.3, 0.4) is 0 Å². The fourth-order valence-corrected chi connectivity index (χ4v) is 2.24. The molecule has 0 bridgehead atoms. The lowest BCUT2D eigenvalue weighted by Crippen LogP contribution is -2.31. The van der Waals surface area contributed by atoms with Crippen LogP contribution in [-0.2, 0) is 4.79 Å². The lowest BCUT2D eigenvalue weighted by molar-refractivity contribution is -0.130. The lowest BCUT2D eigenvalue weighted by Gasteiger charge is -2.16. The topological polar surface area (TPSA) is 58.6 Å². The number of carbonyl (C=O) groups excluding carboxylic acids is 1. The van der Waals surface area contributed by atoms with Gasteiger partial charge in [0.15, 0.2) is 5.82 Å². The standard InChI is InChI=1S/C13H19ClN4O2/c1-17(2)11-3-4-12(16-15-11)20-10-6-8-18(9-10)13(19)5-7-14/h3-4,10H,5-9H2,1-2H3. The molecule has 1 amide bonds. The number of likely N-dealkylation sites (tertiary alicyclic amines) is 1. The molecule has 0 aromatic carbocycles. The fraction of sp³-hybridized carbons (Fsp3) is 0.615. The Morgan fingerprint density at radius 2 is 2.30 bits per heavy atom. The Kier molecular flexibility index (Phi) is 5.00. The van der Waals surface area contributed by atoms with E-state index in [0.29, 0.717) is 31.3 Å². The molecule has 110 valence electrons. The van der Waals surface area contributed by atoms with E-state index in [1.54, 1.807) is 11.0 Å².